The molecule has 0 fully saturated rings. The number of rotatable bonds is 6. The van der Waals surface area contributed by atoms with Gasteiger partial charge in [0.2, 0.25) is 0 Å². The molecule has 0 spiro atoms. The molecule has 0 aromatic heterocycles. The van der Waals surface area contributed by atoms with Crippen molar-refractivity contribution in [3.05, 3.63) is 63.7 Å². The minimum absolute atomic E-state index is 0.0575. The van der Waals surface area contributed by atoms with Crippen LogP contribution < -0.4 is 9.47 Å². The van der Waals surface area contributed by atoms with Gasteiger partial charge in [-0.05, 0) is 36.3 Å². The Morgan fingerprint density at radius 1 is 1.29 bits per heavy atom. The van der Waals surface area contributed by atoms with E-state index in [2.05, 4.69) is 6.07 Å². The fourth-order valence-corrected chi connectivity index (χ4v) is 2.18. The van der Waals surface area contributed by atoms with Crippen molar-refractivity contribution >= 4 is 17.3 Å². The van der Waals surface area contributed by atoms with Crippen LogP contribution in [0.15, 0.2) is 42.5 Å². The number of nitrogens with zero attached hydrogens (tertiary/aromatic N) is 2. The standard InChI is InChI=1S/C18H16N2O4/c1-3-24-17-8-7-13(10-18(17)23-2)9-15(12-19)14-5-4-6-16(11-14)20(21)22/h4-11H,3H2,1-2H3/b15-9-. The maximum Gasteiger partial charge on any atom is 0.270 e. The molecule has 0 saturated carbocycles. The number of nitro groups is 1. The molecular formula is C18H16N2O4. The van der Waals surface area contributed by atoms with E-state index < -0.39 is 4.92 Å². The van der Waals surface area contributed by atoms with Gasteiger partial charge in [0.15, 0.2) is 11.5 Å². The first kappa shape index (κ1) is 17.0. The van der Waals surface area contributed by atoms with Crippen LogP contribution in [0.3, 0.4) is 0 Å². The largest absolute Gasteiger partial charge is 0.493 e. The van der Waals surface area contributed by atoms with Crippen molar-refractivity contribution in [3.8, 4) is 17.6 Å². The van der Waals surface area contributed by atoms with Crippen molar-refractivity contribution in [1.82, 2.24) is 0 Å². The summed E-state index contributed by atoms with van der Waals surface area (Å²) in [4.78, 5) is 10.4. The first-order chi connectivity index (χ1) is 11.6. The van der Waals surface area contributed by atoms with Crippen LogP contribution in [0.1, 0.15) is 18.1 Å². The summed E-state index contributed by atoms with van der Waals surface area (Å²) in [7, 11) is 1.54. The molecule has 0 N–H and O–H groups in total. The molecule has 0 aliphatic heterocycles. The van der Waals surface area contributed by atoms with E-state index in [1.807, 2.05) is 6.92 Å². The van der Waals surface area contributed by atoms with E-state index in [9.17, 15) is 15.4 Å². The average molecular weight is 324 g/mol. The van der Waals surface area contributed by atoms with E-state index in [4.69, 9.17) is 9.47 Å². The van der Waals surface area contributed by atoms with E-state index in [0.29, 0.717) is 29.2 Å². The molecule has 6 nitrogen and oxygen atoms in total. The SMILES string of the molecule is CCOc1ccc(/C=C(/C#N)c2cccc([N+](=O)[O-])c2)cc1OC. The van der Waals surface area contributed by atoms with Gasteiger partial charge in [-0.25, -0.2) is 0 Å². The third-order valence-corrected chi connectivity index (χ3v) is 3.29. The minimum atomic E-state index is -0.488. The summed E-state index contributed by atoms with van der Waals surface area (Å²) >= 11 is 0. The summed E-state index contributed by atoms with van der Waals surface area (Å²) in [6.45, 7) is 2.39. The molecule has 0 atom stereocenters. The van der Waals surface area contributed by atoms with Crippen LogP contribution in [0.2, 0.25) is 0 Å². The summed E-state index contributed by atoms with van der Waals surface area (Å²) < 4.78 is 10.7. The molecule has 0 radical (unpaired) electrons. The van der Waals surface area contributed by atoms with Gasteiger partial charge in [-0.3, -0.25) is 10.1 Å². The summed E-state index contributed by atoms with van der Waals surface area (Å²) in [6.07, 6.45) is 1.65. The lowest BCUT2D eigenvalue weighted by atomic mass is 10.0. The quantitative estimate of drug-likeness (QED) is 0.346. The predicted octanol–water partition coefficient (Wildman–Crippen LogP) is 4.07. The second-order valence-electron chi connectivity index (χ2n) is 4.82. The van der Waals surface area contributed by atoms with E-state index in [-0.39, 0.29) is 5.69 Å². The Balaban J connectivity index is 2.42. The number of benzene rings is 2. The highest BCUT2D eigenvalue weighted by Crippen LogP contribution is 2.30. The fraction of sp³-hybridized carbons (Fsp3) is 0.167. The zero-order chi connectivity index (χ0) is 17.5. The summed E-state index contributed by atoms with van der Waals surface area (Å²) in [5.41, 5.74) is 1.49. The summed E-state index contributed by atoms with van der Waals surface area (Å²) in [6, 6.07) is 13.4. The van der Waals surface area contributed by atoms with Crippen molar-refractivity contribution in [1.29, 1.82) is 5.26 Å². The molecule has 122 valence electrons. The molecule has 0 amide bonds. The third-order valence-electron chi connectivity index (χ3n) is 3.29. The Morgan fingerprint density at radius 3 is 2.71 bits per heavy atom. The van der Waals surface area contributed by atoms with E-state index in [0.717, 1.165) is 5.56 Å². The van der Waals surface area contributed by atoms with Crippen LogP contribution in [0.4, 0.5) is 5.69 Å². The molecule has 0 unspecified atom stereocenters. The van der Waals surface area contributed by atoms with Gasteiger partial charge in [-0.15, -0.1) is 0 Å². The van der Waals surface area contributed by atoms with Gasteiger partial charge in [0, 0.05) is 12.1 Å². The lowest BCUT2D eigenvalue weighted by Gasteiger charge is -2.09. The van der Waals surface area contributed by atoms with Crippen LogP contribution in [0, 0.1) is 21.4 Å². The Kier molecular flexibility index (Phi) is 5.53. The minimum Gasteiger partial charge on any atom is -0.493 e. The van der Waals surface area contributed by atoms with Crippen molar-refractivity contribution in [2.75, 3.05) is 13.7 Å². The maximum absolute atomic E-state index is 10.9. The molecule has 0 saturated heterocycles. The zero-order valence-corrected chi connectivity index (χ0v) is 13.4. The van der Waals surface area contributed by atoms with Crippen LogP contribution in [0.25, 0.3) is 11.6 Å². The molecule has 2 aromatic carbocycles. The molecule has 24 heavy (non-hydrogen) atoms. The molecule has 0 bridgehead atoms. The molecule has 0 aliphatic carbocycles. The van der Waals surface area contributed by atoms with Crippen molar-refractivity contribution < 1.29 is 14.4 Å². The van der Waals surface area contributed by atoms with Crippen LogP contribution >= 0.6 is 0 Å². The number of ether oxygens (including phenoxy) is 2. The Labute approximate surface area is 139 Å². The lowest BCUT2D eigenvalue weighted by molar-refractivity contribution is -0.384. The van der Waals surface area contributed by atoms with Gasteiger partial charge in [-0.2, -0.15) is 5.26 Å². The second kappa shape index (κ2) is 7.79. The third kappa shape index (κ3) is 3.90. The molecule has 2 aromatic rings. The molecule has 0 heterocycles. The highest BCUT2D eigenvalue weighted by molar-refractivity contribution is 5.90. The Morgan fingerprint density at radius 2 is 2.08 bits per heavy atom. The number of non-ortho nitro benzene ring substituents is 1. The summed E-state index contributed by atoms with van der Waals surface area (Å²) in [5.74, 6) is 1.17. The second-order valence-corrected chi connectivity index (χ2v) is 4.82. The number of methoxy groups -OCH3 is 1. The molecular weight excluding hydrogens is 308 g/mol. The van der Waals surface area contributed by atoms with E-state index in [1.54, 1.807) is 36.4 Å². The predicted molar refractivity (Wildman–Crippen MR) is 90.7 cm³/mol. The number of allylic oxidation sites excluding steroid dienone is 1. The van der Waals surface area contributed by atoms with Crippen molar-refractivity contribution in [2.24, 2.45) is 0 Å². The average Bonchev–Trinajstić information content (AvgIpc) is 2.61. The van der Waals surface area contributed by atoms with Gasteiger partial charge in [0.25, 0.3) is 5.69 Å². The van der Waals surface area contributed by atoms with Gasteiger partial charge in [0.05, 0.1) is 30.3 Å². The van der Waals surface area contributed by atoms with Crippen LogP contribution in [-0.4, -0.2) is 18.6 Å². The van der Waals surface area contributed by atoms with Crippen molar-refractivity contribution in [2.45, 2.75) is 6.92 Å². The van der Waals surface area contributed by atoms with Gasteiger partial charge in [-0.1, -0.05) is 18.2 Å². The first-order valence-corrected chi connectivity index (χ1v) is 7.26. The summed E-state index contributed by atoms with van der Waals surface area (Å²) in [5, 5.41) is 20.3. The Hall–Kier alpha value is -3.33. The number of nitriles is 1. The first-order valence-electron chi connectivity index (χ1n) is 7.26. The highest BCUT2D eigenvalue weighted by atomic mass is 16.6. The zero-order valence-electron chi connectivity index (χ0n) is 13.4. The normalized spacial score (nSPS) is 10.8. The fourth-order valence-electron chi connectivity index (χ4n) is 2.18. The van der Waals surface area contributed by atoms with Gasteiger partial charge in [0.1, 0.15) is 0 Å². The van der Waals surface area contributed by atoms with Crippen LogP contribution in [0.5, 0.6) is 11.5 Å². The van der Waals surface area contributed by atoms with Gasteiger partial charge >= 0.3 is 0 Å². The van der Waals surface area contributed by atoms with Crippen molar-refractivity contribution in [3.63, 3.8) is 0 Å². The monoisotopic (exact) mass is 324 g/mol. The van der Waals surface area contributed by atoms with E-state index >= 15 is 0 Å². The van der Waals surface area contributed by atoms with Crippen LogP contribution in [-0.2, 0) is 0 Å². The molecule has 2 rings (SSSR count). The number of hydrogen-bond donors (Lipinski definition) is 0. The lowest BCUT2D eigenvalue weighted by Crippen LogP contribution is -1.95. The number of nitro benzene ring substituents is 1. The number of hydrogen-bond acceptors (Lipinski definition) is 5. The highest BCUT2D eigenvalue weighted by Gasteiger charge is 2.10. The maximum atomic E-state index is 10.9. The van der Waals surface area contributed by atoms with E-state index in [1.165, 1.54) is 19.2 Å². The molecule has 0 aliphatic rings. The smallest absolute Gasteiger partial charge is 0.270 e. The molecule has 6 heteroatoms. The Bertz CT molecular complexity index is 822. The van der Waals surface area contributed by atoms with Gasteiger partial charge < -0.3 is 9.47 Å². The topological polar surface area (TPSA) is 85.4 Å².